The maximum Gasteiger partial charge on any atom is 0.0820 e. The molecule has 3 heterocycles. The number of aromatic nitrogens is 1. The van der Waals surface area contributed by atoms with Crippen molar-refractivity contribution in [1.29, 1.82) is 0 Å². The second-order valence-electron chi connectivity index (χ2n) is 6.01. The van der Waals surface area contributed by atoms with Gasteiger partial charge >= 0.3 is 0 Å². The lowest BCUT2D eigenvalue weighted by Gasteiger charge is -2.32. The van der Waals surface area contributed by atoms with Crippen molar-refractivity contribution >= 4 is 5.69 Å². The molecule has 0 saturated carbocycles. The van der Waals surface area contributed by atoms with E-state index in [-0.39, 0.29) is 0 Å². The number of hydrogen-bond donors (Lipinski definition) is 0. The highest BCUT2D eigenvalue weighted by atomic mass is 15.3. The van der Waals surface area contributed by atoms with E-state index in [2.05, 4.69) is 64.0 Å². The average Bonchev–Trinajstić information content (AvgIpc) is 2.76. The first kappa shape index (κ1) is 12.0. The van der Waals surface area contributed by atoms with Crippen molar-refractivity contribution in [3.05, 3.63) is 53.9 Å². The van der Waals surface area contributed by atoms with Gasteiger partial charge in [-0.15, -0.1) is 0 Å². The molecule has 2 aromatic rings. The molecule has 1 aromatic carbocycles. The molecule has 4 rings (SSSR count). The first-order valence-electron chi connectivity index (χ1n) is 7.51. The molecule has 2 aliphatic rings. The molecule has 20 heavy (non-hydrogen) atoms. The van der Waals surface area contributed by atoms with Gasteiger partial charge in [0.2, 0.25) is 0 Å². The quantitative estimate of drug-likeness (QED) is 0.727. The Balaban J connectivity index is 1.88. The van der Waals surface area contributed by atoms with Gasteiger partial charge in [0.15, 0.2) is 0 Å². The minimum Gasteiger partial charge on any atom is -0.361 e. The number of rotatable bonds is 0. The third-order valence-electron chi connectivity index (χ3n) is 4.65. The Bertz CT molecular complexity index is 616. The van der Waals surface area contributed by atoms with Crippen LogP contribution in [0.4, 0.5) is 5.69 Å². The summed E-state index contributed by atoms with van der Waals surface area (Å²) in [6, 6.07) is 13.9. The zero-order valence-electron chi connectivity index (χ0n) is 12.0. The van der Waals surface area contributed by atoms with E-state index in [0.29, 0.717) is 6.04 Å². The Kier molecular flexibility index (Phi) is 2.81. The fourth-order valence-electron chi connectivity index (χ4n) is 3.68. The van der Waals surface area contributed by atoms with Crippen LogP contribution in [0.15, 0.2) is 42.6 Å². The molecule has 1 saturated heterocycles. The van der Waals surface area contributed by atoms with Gasteiger partial charge in [0.1, 0.15) is 0 Å². The number of nitrogens with zero attached hydrogens (tertiary/aromatic N) is 3. The maximum absolute atomic E-state index is 2.62. The highest BCUT2D eigenvalue weighted by Crippen LogP contribution is 2.36. The number of anilines is 1. The summed E-state index contributed by atoms with van der Waals surface area (Å²) >= 11 is 0. The van der Waals surface area contributed by atoms with E-state index in [4.69, 9.17) is 0 Å². The second-order valence-corrected chi connectivity index (χ2v) is 6.01. The molecule has 2 aliphatic heterocycles. The SMILES string of the molecule is CN1CCCN2c3ccccc3Cn3cccc3C2C1. The van der Waals surface area contributed by atoms with Crippen LogP contribution in [0.25, 0.3) is 0 Å². The summed E-state index contributed by atoms with van der Waals surface area (Å²) in [4.78, 5) is 5.09. The van der Waals surface area contributed by atoms with Crippen LogP contribution in [0.5, 0.6) is 0 Å². The molecule has 3 nitrogen and oxygen atoms in total. The Morgan fingerprint density at radius 2 is 1.95 bits per heavy atom. The van der Waals surface area contributed by atoms with Gasteiger partial charge < -0.3 is 14.4 Å². The van der Waals surface area contributed by atoms with Crippen LogP contribution in [0.1, 0.15) is 23.7 Å². The second kappa shape index (κ2) is 4.67. The van der Waals surface area contributed by atoms with Gasteiger partial charge in [-0.25, -0.2) is 0 Å². The molecule has 104 valence electrons. The van der Waals surface area contributed by atoms with Crippen molar-refractivity contribution in [1.82, 2.24) is 9.47 Å². The predicted molar refractivity (Wildman–Crippen MR) is 82.2 cm³/mol. The lowest BCUT2D eigenvalue weighted by molar-refractivity contribution is 0.329. The van der Waals surface area contributed by atoms with Gasteiger partial charge in [0.25, 0.3) is 0 Å². The lowest BCUT2D eigenvalue weighted by Crippen LogP contribution is -2.33. The number of benzene rings is 1. The molecule has 0 N–H and O–H groups in total. The summed E-state index contributed by atoms with van der Waals surface area (Å²) in [5, 5.41) is 0. The van der Waals surface area contributed by atoms with Crippen LogP contribution < -0.4 is 4.90 Å². The van der Waals surface area contributed by atoms with E-state index in [1.807, 2.05) is 0 Å². The van der Waals surface area contributed by atoms with Gasteiger partial charge in [0.05, 0.1) is 6.04 Å². The van der Waals surface area contributed by atoms with Crippen LogP contribution in [-0.4, -0.2) is 36.1 Å². The molecule has 1 fully saturated rings. The zero-order valence-corrected chi connectivity index (χ0v) is 12.0. The summed E-state index contributed by atoms with van der Waals surface area (Å²) in [7, 11) is 2.24. The minimum absolute atomic E-state index is 0.473. The molecular formula is C17H21N3. The molecule has 0 aliphatic carbocycles. The fourth-order valence-corrected chi connectivity index (χ4v) is 3.68. The number of para-hydroxylation sites is 1. The molecule has 0 radical (unpaired) electrons. The van der Waals surface area contributed by atoms with Crippen molar-refractivity contribution < 1.29 is 0 Å². The topological polar surface area (TPSA) is 11.4 Å². The van der Waals surface area contributed by atoms with Crippen LogP contribution in [-0.2, 0) is 6.54 Å². The summed E-state index contributed by atoms with van der Waals surface area (Å²) in [5.41, 5.74) is 4.32. The highest BCUT2D eigenvalue weighted by Gasteiger charge is 2.30. The molecular weight excluding hydrogens is 246 g/mol. The summed E-state index contributed by atoms with van der Waals surface area (Å²) in [6.07, 6.45) is 3.46. The van der Waals surface area contributed by atoms with Crippen molar-refractivity contribution in [2.24, 2.45) is 0 Å². The Morgan fingerprint density at radius 1 is 1.05 bits per heavy atom. The zero-order chi connectivity index (χ0) is 13.5. The van der Waals surface area contributed by atoms with Gasteiger partial charge in [-0.05, 0) is 43.8 Å². The minimum atomic E-state index is 0.473. The molecule has 0 amide bonds. The van der Waals surface area contributed by atoms with E-state index < -0.39 is 0 Å². The summed E-state index contributed by atoms with van der Waals surface area (Å²) < 4.78 is 2.42. The highest BCUT2D eigenvalue weighted by molar-refractivity contribution is 5.57. The van der Waals surface area contributed by atoms with E-state index in [1.165, 1.54) is 29.9 Å². The maximum atomic E-state index is 2.62. The third kappa shape index (κ3) is 1.85. The molecule has 3 heteroatoms. The van der Waals surface area contributed by atoms with E-state index in [1.54, 1.807) is 0 Å². The number of fused-ring (bicyclic) bond motifs is 5. The molecule has 0 bridgehead atoms. The number of hydrogen-bond acceptors (Lipinski definition) is 2. The van der Waals surface area contributed by atoms with Crippen molar-refractivity contribution in [3.63, 3.8) is 0 Å². The Labute approximate surface area is 120 Å². The number of likely N-dealkylation sites (N-methyl/N-ethyl adjacent to an activating group) is 1. The van der Waals surface area contributed by atoms with E-state index >= 15 is 0 Å². The van der Waals surface area contributed by atoms with Crippen LogP contribution in [0, 0.1) is 0 Å². The molecule has 1 unspecified atom stereocenters. The Morgan fingerprint density at radius 3 is 2.90 bits per heavy atom. The average molecular weight is 267 g/mol. The summed E-state index contributed by atoms with van der Waals surface area (Å²) in [5.74, 6) is 0. The molecule has 1 atom stereocenters. The monoisotopic (exact) mass is 267 g/mol. The lowest BCUT2D eigenvalue weighted by atomic mass is 10.1. The van der Waals surface area contributed by atoms with Gasteiger partial charge in [0, 0.05) is 37.2 Å². The first-order valence-corrected chi connectivity index (χ1v) is 7.51. The Hall–Kier alpha value is -1.74. The van der Waals surface area contributed by atoms with Crippen LogP contribution in [0.2, 0.25) is 0 Å². The third-order valence-corrected chi connectivity index (χ3v) is 4.65. The normalized spacial score (nSPS) is 22.4. The first-order chi connectivity index (χ1) is 9.83. The van der Waals surface area contributed by atoms with Crippen LogP contribution >= 0.6 is 0 Å². The van der Waals surface area contributed by atoms with Gasteiger partial charge in [-0.3, -0.25) is 0 Å². The summed E-state index contributed by atoms with van der Waals surface area (Å²) in [6.45, 7) is 4.45. The van der Waals surface area contributed by atoms with Crippen molar-refractivity contribution in [3.8, 4) is 0 Å². The predicted octanol–water partition coefficient (Wildman–Crippen LogP) is 2.73. The van der Waals surface area contributed by atoms with Gasteiger partial charge in [-0.1, -0.05) is 18.2 Å². The van der Waals surface area contributed by atoms with Crippen molar-refractivity contribution in [2.75, 3.05) is 31.6 Å². The van der Waals surface area contributed by atoms with E-state index in [0.717, 1.165) is 19.6 Å². The van der Waals surface area contributed by atoms with E-state index in [9.17, 15) is 0 Å². The fraction of sp³-hybridized carbons (Fsp3) is 0.412. The van der Waals surface area contributed by atoms with Gasteiger partial charge in [-0.2, -0.15) is 0 Å². The molecule has 0 spiro atoms. The van der Waals surface area contributed by atoms with Crippen molar-refractivity contribution in [2.45, 2.75) is 19.0 Å². The smallest absolute Gasteiger partial charge is 0.0820 e. The largest absolute Gasteiger partial charge is 0.361 e. The van der Waals surface area contributed by atoms with Crippen LogP contribution in [0.3, 0.4) is 0 Å². The molecule has 1 aromatic heterocycles. The standard InChI is InChI=1S/C17H21N3/c1-18-9-5-11-20-15-7-3-2-6-14(15)12-19-10-4-8-16(19)17(20)13-18/h2-4,6-8,10,17H,5,9,11-13H2,1H3.